The Morgan fingerprint density at radius 3 is 2.85 bits per heavy atom. The molecule has 3 heterocycles. The molecule has 0 saturated carbocycles. The van der Waals surface area contributed by atoms with Gasteiger partial charge in [-0.3, -0.25) is 9.78 Å². The van der Waals surface area contributed by atoms with Gasteiger partial charge in [-0.2, -0.15) is 4.98 Å². The molecule has 0 aliphatic carbocycles. The predicted octanol–water partition coefficient (Wildman–Crippen LogP) is 1.70. The summed E-state index contributed by atoms with van der Waals surface area (Å²) in [6, 6.07) is 13.5. The van der Waals surface area contributed by atoms with Gasteiger partial charge in [0.1, 0.15) is 6.04 Å². The van der Waals surface area contributed by atoms with E-state index in [2.05, 4.69) is 26.0 Å². The lowest BCUT2D eigenvalue weighted by Gasteiger charge is -2.18. The molecule has 0 bridgehead atoms. The summed E-state index contributed by atoms with van der Waals surface area (Å²) in [4.78, 5) is 22.7. The van der Waals surface area contributed by atoms with Gasteiger partial charge >= 0.3 is 0 Å². The molecule has 1 aliphatic rings. The maximum atomic E-state index is 12.7. The fourth-order valence-electron chi connectivity index (χ4n) is 3.10. The number of hydrogen-bond acceptors (Lipinski definition) is 7. The Labute approximate surface area is 156 Å². The van der Waals surface area contributed by atoms with Crippen LogP contribution in [-0.4, -0.2) is 39.0 Å². The van der Waals surface area contributed by atoms with Crippen LogP contribution in [0.25, 0.3) is 11.4 Å². The maximum Gasteiger partial charge on any atom is 0.246 e. The summed E-state index contributed by atoms with van der Waals surface area (Å²) in [5.74, 6) is 0.820. The number of likely N-dealkylation sites (N-methyl/N-ethyl adjacent to an activating group) is 1. The van der Waals surface area contributed by atoms with Gasteiger partial charge in [-0.1, -0.05) is 35.5 Å². The first-order valence-electron chi connectivity index (χ1n) is 8.74. The number of rotatable bonds is 5. The van der Waals surface area contributed by atoms with Gasteiger partial charge in [0.25, 0.3) is 0 Å². The minimum atomic E-state index is -0.305. The number of carbonyl (C=O) groups excluding carboxylic acids is 1. The summed E-state index contributed by atoms with van der Waals surface area (Å²) >= 11 is 0. The van der Waals surface area contributed by atoms with E-state index < -0.39 is 0 Å². The highest BCUT2D eigenvalue weighted by atomic mass is 16.5. The number of benzene rings is 1. The van der Waals surface area contributed by atoms with E-state index in [1.54, 1.807) is 24.3 Å². The third-order valence-corrected chi connectivity index (χ3v) is 4.54. The highest BCUT2D eigenvalue weighted by Gasteiger charge is 2.32. The molecule has 1 aromatic carbocycles. The Bertz CT molecular complexity index is 899. The molecular weight excluding hydrogens is 344 g/mol. The van der Waals surface area contributed by atoms with Gasteiger partial charge in [-0.25, -0.2) is 10.9 Å². The lowest BCUT2D eigenvalue weighted by Crippen LogP contribution is -2.43. The monoisotopic (exact) mass is 364 g/mol. The number of nitrogens with one attached hydrogen (secondary N) is 2. The first-order chi connectivity index (χ1) is 13.2. The van der Waals surface area contributed by atoms with Crippen molar-refractivity contribution in [2.45, 2.75) is 25.0 Å². The summed E-state index contributed by atoms with van der Waals surface area (Å²) < 4.78 is 5.27. The number of pyridine rings is 1. The highest BCUT2D eigenvalue weighted by Crippen LogP contribution is 2.23. The molecular formula is C19H20N6O2. The third-order valence-electron chi connectivity index (χ3n) is 4.54. The van der Waals surface area contributed by atoms with E-state index in [0.717, 1.165) is 11.1 Å². The molecule has 1 saturated heterocycles. The van der Waals surface area contributed by atoms with Crippen molar-refractivity contribution in [1.82, 2.24) is 30.9 Å². The number of hydrogen-bond donors (Lipinski definition) is 2. The van der Waals surface area contributed by atoms with Crippen molar-refractivity contribution in [2.75, 3.05) is 7.05 Å². The van der Waals surface area contributed by atoms with E-state index in [9.17, 15) is 4.79 Å². The second kappa shape index (κ2) is 7.65. The minimum absolute atomic E-state index is 0.0259. The lowest BCUT2D eigenvalue weighted by molar-refractivity contribution is -0.132. The largest absolute Gasteiger partial charge is 0.337 e. The SMILES string of the molecule is CN(Cc1nc(-c2cccnc2)no1)C(=O)C1CC(c2ccccc2)NN1. The molecule has 2 atom stereocenters. The van der Waals surface area contributed by atoms with E-state index >= 15 is 0 Å². The molecule has 138 valence electrons. The second-order valence-electron chi connectivity index (χ2n) is 6.49. The van der Waals surface area contributed by atoms with Gasteiger partial charge in [0.15, 0.2) is 0 Å². The van der Waals surface area contributed by atoms with Crippen molar-refractivity contribution in [3.8, 4) is 11.4 Å². The van der Waals surface area contributed by atoms with Gasteiger partial charge < -0.3 is 9.42 Å². The summed E-state index contributed by atoms with van der Waals surface area (Å²) in [6.45, 7) is 0.250. The summed E-state index contributed by atoms with van der Waals surface area (Å²) in [7, 11) is 1.73. The Hall–Kier alpha value is -3.10. The average Bonchev–Trinajstić information content (AvgIpc) is 3.39. The van der Waals surface area contributed by atoms with E-state index in [-0.39, 0.29) is 24.5 Å². The molecule has 2 N–H and O–H groups in total. The van der Waals surface area contributed by atoms with Crippen LogP contribution in [0.1, 0.15) is 23.9 Å². The molecule has 0 radical (unpaired) electrons. The topological polar surface area (TPSA) is 96.2 Å². The zero-order chi connectivity index (χ0) is 18.6. The van der Waals surface area contributed by atoms with Crippen molar-refractivity contribution < 1.29 is 9.32 Å². The molecule has 3 aromatic rings. The number of aromatic nitrogens is 3. The average molecular weight is 364 g/mol. The standard InChI is InChI=1S/C19H20N6O2/c1-25(12-17-21-18(24-27-17)14-8-5-9-20-11-14)19(26)16-10-15(22-23-16)13-6-3-2-4-7-13/h2-9,11,15-16,22-23H,10,12H2,1H3. The predicted molar refractivity (Wildman–Crippen MR) is 97.9 cm³/mol. The molecule has 8 nitrogen and oxygen atoms in total. The van der Waals surface area contributed by atoms with Gasteiger partial charge in [-0.05, 0) is 24.1 Å². The zero-order valence-electron chi connectivity index (χ0n) is 14.9. The van der Waals surface area contributed by atoms with Crippen LogP contribution in [0.2, 0.25) is 0 Å². The first kappa shape index (κ1) is 17.3. The van der Waals surface area contributed by atoms with Crippen LogP contribution >= 0.6 is 0 Å². The lowest BCUT2D eigenvalue weighted by atomic mass is 10.0. The summed E-state index contributed by atoms with van der Waals surface area (Å²) in [6.07, 6.45) is 4.03. The Morgan fingerprint density at radius 1 is 1.22 bits per heavy atom. The third kappa shape index (κ3) is 3.86. The van der Waals surface area contributed by atoms with Crippen molar-refractivity contribution >= 4 is 5.91 Å². The van der Waals surface area contributed by atoms with Crippen LogP contribution in [0.4, 0.5) is 0 Å². The molecule has 27 heavy (non-hydrogen) atoms. The Balaban J connectivity index is 1.37. The van der Waals surface area contributed by atoms with Crippen molar-refractivity contribution in [3.63, 3.8) is 0 Å². The first-order valence-corrected chi connectivity index (χ1v) is 8.74. The highest BCUT2D eigenvalue weighted by molar-refractivity contribution is 5.82. The molecule has 2 unspecified atom stereocenters. The van der Waals surface area contributed by atoms with Gasteiger partial charge in [0, 0.05) is 31.0 Å². The molecule has 8 heteroatoms. The van der Waals surface area contributed by atoms with Gasteiger partial charge in [-0.15, -0.1) is 0 Å². The molecule has 0 spiro atoms. The number of carbonyl (C=O) groups is 1. The zero-order valence-corrected chi connectivity index (χ0v) is 14.9. The van der Waals surface area contributed by atoms with Crippen LogP contribution in [0.15, 0.2) is 59.4 Å². The van der Waals surface area contributed by atoms with Crippen LogP contribution in [0.3, 0.4) is 0 Å². The van der Waals surface area contributed by atoms with Crippen molar-refractivity contribution in [3.05, 3.63) is 66.3 Å². The smallest absolute Gasteiger partial charge is 0.246 e. The van der Waals surface area contributed by atoms with Crippen LogP contribution in [-0.2, 0) is 11.3 Å². The normalized spacial score (nSPS) is 19.1. The molecule has 1 amide bonds. The number of nitrogens with zero attached hydrogens (tertiary/aromatic N) is 4. The summed E-state index contributed by atoms with van der Waals surface area (Å²) in [5.41, 5.74) is 8.20. The molecule has 4 rings (SSSR count). The molecule has 1 fully saturated rings. The quantitative estimate of drug-likeness (QED) is 0.711. The van der Waals surface area contributed by atoms with Crippen molar-refractivity contribution in [2.24, 2.45) is 0 Å². The van der Waals surface area contributed by atoms with Gasteiger partial charge in [0.2, 0.25) is 17.6 Å². The molecule has 2 aromatic heterocycles. The fourth-order valence-corrected chi connectivity index (χ4v) is 3.10. The Morgan fingerprint density at radius 2 is 2.07 bits per heavy atom. The van der Waals surface area contributed by atoms with Crippen LogP contribution in [0.5, 0.6) is 0 Å². The molecule has 1 aliphatic heterocycles. The second-order valence-corrected chi connectivity index (χ2v) is 6.49. The van der Waals surface area contributed by atoms with E-state index in [4.69, 9.17) is 4.52 Å². The van der Waals surface area contributed by atoms with Crippen LogP contribution < -0.4 is 10.9 Å². The van der Waals surface area contributed by atoms with Crippen molar-refractivity contribution in [1.29, 1.82) is 0 Å². The maximum absolute atomic E-state index is 12.7. The summed E-state index contributed by atoms with van der Waals surface area (Å²) in [5, 5.41) is 3.96. The van der Waals surface area contributed by atoms with Crippen LogP contribution in [0, 0.1) is 0 Å². The fraction of sp³-hybridized carbons (Fsp3) is 0.263. The van der Waals surface area contributed by atoms with E-state index in [1.807, 2.05) is 42.5 Å². The number of amides is 1. The van der Waals surface area contributed by atoms with E-state index in [1.165, 1.54) is 0 Å². The van der Waals surface area contributed by atoms with Gasteiger partial charge in [0.05, 0.1) is 6.54 Å². The van der Waals surface area contributed by atoms with E-state index in [0.29, 0.717) is 18.1 Å². The Kier molecular flexibility index (Phi) is 4.91. The minimum Gasteiger partial charge on any atom is -0.337 e. The number of hydrazine groups is 1.